The molecule has 1 amide bonds. The molecular formula is C8H19N5O. The maximum Gasteiger partial charge on any atom is 0.238 e. The summed E-state index contributed by atoms with van der Waals surface area (Å²) in [5.41, 5.74) is 15.9. The molecule has 6 heteroatoms. The van der Waals surface area contributed by atoms with Crippen LogP contribution < -0.4 is 17.2 Å². The lowest BCUT2D eigenvalue weighted by Crippen LogP contribution is -2.39. The van der Waals surface area contributed by atoms with Crippen molar-refractivity contribution in [3.63, 3.8) is 0 Å². The zero-order valence-electron chi connectivity index (χ0n) is 8.73. The molecule has 0 heterocycles. The molecule has 6 nitrogen and oxygen atoms in total. The molecule has 0 saturated carbocycles. The zero-order chi connectivity index (χ0) is 11.1. The number of hydrogen-bond donors (Lipinski definition) is 3. The van der Waals surface area contributed by atoms with Gasteiger partial charge in [0.2, 0.25) is 5.91 Å². The van der Waals surface area contributed by atoms with Crippen molar-refractivity contribution in [2.75, 3.05) is 20.6 Å². The Morgan fingerprint density at radius 2 is 2.00 bits per heavy atom. The Morgan fingerprint density at radius 1 is 1.43 bits per heavy atom. The smallest absolute Gasteiger partial charge is 0.238 e. The number of likely N-dealkylation sites (N-methyl/N-ethyl adjacent to an activating group) is 1. The third kappa shape index (κ3) is 5.36. The van der Waals surface area contributed by atoms with E-state index in [9.17, 15) is 4.79 Å². The van der Waals surface area contributed by atoms with Crippen LogP contribution in [0.1, 0.15) is 12.8 Å². The van der Waals surface area contributed by atoms with Gasteiger partial charge in [0.15, 0.2) is 5.96 Å². The molecule has 6 N–H and O–H groups in total. The molecule has 0 aromatic rings. The van der Waals surface area contributed by atoms with Gasteiger partial charge in [-0.05, 0) is 12.8 Å². The SMILES string of the molecule is CN(C)C(=O)C(N)CCCN=C(N)N. The maximum atomic E-state index is 11.3. The summed E-state index contributed by atoms with van der Waals surface area (Å²) in [5, 5.41) is 0. The number of nitrogens with two attached hydrogens (primary N) is 3. The molecular weight excluding hydrogens is 182 g/mol. The number of aliphatic imine (C=N–C) groups is 1. The average molecular weight is 201 g/mol. The summed E-state index contributed by atoms with van der Waals surface area (Å²) in [6, 6.07) is -0.459. The topological polar surface area (TPSA) is 111 Å². The fraction of sp³-hybridized carbons (Fsp3) is 0.750. The first-order valence-electron chi connectivity index (χ1n) is 4.47. The molecule has 0 fully saturated rings. The first-order chi connectivity index (χ1) is 6.45. The van der Waals surface area contributed by atoms with Gasteiger partial charge in [-0.3, -0.25) is 9.79 Å². The van der Waals surface area contributed by atoms with Crippen molar-refractivity contribution in [1.29, 1.82) is 0 Å². The first kappa shape index (κ1) is 12.7. The van der Waals surface area contributed by atoms with Gasteiger partial charge < -0.3 is 22.1 Å². The van der Waals surface area contributed by atoms with E-state index < -0.39 is 6.04 Å². The van der Waals surface area contributed by atoms with Gasteiger partial charge in [0.1, 0.15) is 0 Å². The summed E-state index contributed by atoms with van der Waals surface area (Å²) in [6.45, 7) is 0.511. The molecule has 0 aromatic carbocycles. The largest absolute Gasteiger partial charge is 0.370 e. The average Bonchev–Trinajstić information content (AvgIpc) is 2.10. The van der Waals surface area contributed by atoms with E-state index in [1.54, 1.807) is 14.1 Å². The molecule has 0 bridgehead atoms. The van der Waals surface area contributed by atoms with E-state index in [4.69, 9.17) is 17.2 Å². The molecule has 1 atom stereocenters. The van der Waals surface area contributed by atoms with Gasteiger partial charge >= 0.3 is 0 Å². The van der Waals surface area contributed by atoms with Gasteiger partial charge in [-0.2, -0.15) is 0 Å². The third-order valence-electron chi connectivity index (χ3n) is 1.73. The molecule has 0 spiro atoms. The van der Waals surface area contributed by atoms with Crippen LogP contribution in [0.5, 0.6) is 0 Å². The van der Waals surface area contributed by atoms with Crippen molar-refractivity contribution in [3.05, 3.63) is 0 Å². The van der Waals surface area contributed by atoms with E-state index >= 15 is 0 Å². The molecule has 1 unspecified atom stereocenters. The van der Waals surface area contributed by atoms with E-state index in [1.807, 2.05) is 0 Å². The molecule has 0 aromatic heterocycles. The highest BCUT2D eigenvalue weighted by Crippen LogP contribution is 1.97. The van der Waals surface area contributed by atoms with Gasteiger partial charge in [0.05, 0.1) is 6.04 Å². The van der Waals surface area contributed by atoms with Crippen molar-refractivity contribution >= 4 is 11.9 Å². The highest BCUT2D eigenvalue weighted by atomic mass is 16.2. The zero-order valence-corrected chi connectivity index (χ0v) is 8.73. The summed E-state index contributed by atoms with van der Waals surface area (Å²) in [5.74, 6) is -0.00722. The van der Waals surface area contributed by atoms with Crippen LogP contribution in [0.15, 0.2) is 4.99 Å². The summed E-state index contributed by atoms with van der Waals surface area (Å²) < 4.78 is 0. The predicted octanol–water partition coefficient (Wildman–Crippen LogP) is -1.54. The quantitative estimate of drug-likeness (QED) is 0.284. The fourth-order valence-corrected chi connectivity index (χ4v) is 0.974. The van der Waals surface area contributed by atoms with Gasteiger partial charge in [-0.1, -0.05) is 0 Å². The van der Waals surface area contributed by atoms with E-state index in [1.165, 1.54) is 4.90 Å². The number of rotatable bonds is 5. The van der Waals surface area contributed by atoms with Gasteiger partial charge in [0, 0.05) is 20.6 Å². The molecule has 0 aliphatic heterocycles. The number of nitrogens with zero attached hydrogens (tertiary/aromatic N) is 2. The highest BCUT2D eigenvalue weighted by Gasteiger charge is 2.14. The van der Waals surface area contributed by atoms with Crippen LogP contribution in [-0.4, -0.2) is 43.4 Å². The molecule has 0 aliphatic rings. The lowest BCUT2D eigenvalue weighted by molar-refractivity contribution is -0.130. The Balaban J connectivity index is 3.69. The number of carbonyl (C=O) groups is 1. The second-order valence-corrected chi connectivity index (χ2v) is 3.29. The minimum Gasteiger partial charge on any atom is -0.370 e. The van der Waals surface area contributed by atoms with E-state index in [0.29, 0.717) is 19.4 Å². The minimum absolute atomic E-state index is 0.0671. The van der Waals surface area contributed by atoms with Gasteiger partial charge in [-0.15, -0.1) is 0 Å². The van der Waals surface area contributed by atoms with Crippen molar-refractivity contribution < 1.29 is 4.79 Å². The second-order valence-electron chi connectivity index (χ2n) is 3.29. The Kier molecular flexibility index (Phi) is 5.62. The minimum atomic E-state index is -0.459. The Bertz CT molecular complexity index is 210. The number of carbonyl (C=O) groups excluding carboxylic acids is 1. The Hall–Kier alpha value is -1.30. The van der Waals surface area contributed by atoms with Crippen LogP contribution in [0.4, 0.5) is 0 Å². The normalized spacial score (nSPS) is 11.9. The van der Waals surface area contributed by atoms with Crippen molar-refractivity contribution in [2.24, 2.45) is 22.2 Å². The van der Waals surface area contributed by atoms with Crippen LogP contribution in [0.25, 0.3) is 0 Å². The van der Waals surface area contributed by atoms with Crippen LogP contribution in [-0.2, 0) is 4.79 Å². The van der Waals surface area contributed by atoms with Crippen LogP contribution in [0.3, 0.4) is 0 Å². The number of hydrogen-bond acceptors (Lipinski definition) is 3. The lowest BCUT2D eigenvalue weighted by Gasteiger charge is -2.15. The molecule has 14 heavy (non-hydrogen) atoms. The Morgan fingerprint density at radius 3 is 2.43 bits per heavy atom. The van der Waals surface area contributed by atoms with Crippen molar-refractivity contribution in [2.45, 2.75) is 18.9 Å². The van der Waals surface area contributed by atoms with Gasteiger partial charge in [-0.25, -0.2) is 0 Å². The Labute approximate surface area is 84.1 Å². The number of guanidine groups is 1. The molecule has 0 rings (SSSR count). The van der Waals surface area contributed by atoms with Crippen LogP contribution in [0.2, 0.25) is 0 Å². The standard InChI is InChI=1S/C8H19N5O/c1-13(2)7(14)6(9)4-3-5-12-8(10)11/h6H,3-5,9H2,1-2H3,(H4,10,11,12). The molecule has 0 saturated heterocycles. The summed E-state index contributed by atoms with van der Waals surface area (Å²) in [7, 11) is 3.36. The van der Waals surface area contributed by atoms with Crippen LogP contribution >= 0.6 is 0 Å². The fourth-order valence-electron chi connectivity index (χ4n) is 0.974. The summed E-state index contributed by atoms with van der Waals surface area (Å²) in [4.78, 5) is 16.6. The monoisotopic (exact) mass is 201 g/mol. The van der Waals surface area contributed by atoms with E-state index in [2.05, 4.69) is 4.99 Å². The number of amides is 1. The lowest BCUT2D eigenvalue weighted by atomic mass is 10.1. The highest BCUT2D eigenvalue weighted by molar-refractivity contribution is 5.81. The first-order valence-corrected chi connectivity index (χ1v) is 4.47. The van der Waals surface area contributed by atoms with Crippen LogP contribution in [0, 0.1) is 0 Å². The second kappa shape index (κ2) is 6.20. The maximum absolute atomic E-state index is 11.3. The summed E-state index contributed by atoms with van der Waals surface area (Å²) >= 11 is 0. The molecule has 82 valence electrons. The summed E-state index contributed by atoms with van der Waals surface area (Å²) in [6.07, 6.45) is 1.30. The van der Waals surface area contributed by atoms with E-state index in [-0.39, 0.29) is 11.9 Å². The van der Waals surface area contributed by atoms with E-state index in [0.717, 1.165) is 0 Å². The van der Waals surface area contributed by atoms with Crippen molar-refractivity contribution in [1.82, 2.24) is 4.90 Å². The predicted molar refractivity (Wildman–Crippen MR) is 56.6 cm³/mol. The van der Waals surface area contributed by atoms with Crippen molar-refractivity contribution in [3.8, 4) is 0 Å². The van der Waals surface area contributed by atoms with Gasteiger partial charge in [0.25, 0.3) is 0 Å². The third-order valence-corrected chi connectivity index (χ3v) is 1.73. The molecule has 0 aliphatic carbocycles. The molecule has 0 radical (unpaired) electrons.